The second kappa shape index (κ2) is 12.3. The van der Waals surface area contributed by atoms with Crippen molar-refractivity contribution < 1.29 is 18.1 Å². The van der Waals surface area contributed by atoms with Gasteiger partial charge in [0.15, 0.2) is 17.5 Å². The molecular formula is C51H31N5O. The Morgan fingerprint density at radius 1 is 0.386 bits per heavy atom. The first-order valence-electron chi connectivity index (χ1n) is 23.3. The summed E-state index contributed by atoms with van der Waals surface area (Å²) in [6, 6.07) is 37.0. The van der Waals surface area contributed by atoms with Gasteiger partial charge < -0.3 is 13.6 Å². The maximum Gasteiger partial charge on any atom is 0.164 e. The zero-order chi connectivity index (χ0) is 46.2. The van der Waals surface area contributed by atoms with E-state index in [-0.39, 0.29) is 28.6 Å². The fourth-order valence-corrected chi connectivity index (χ4v) is 8.11. The molecule has 0 unspecified atom stereocenters. The minimum atomic E-state index is -0.616. The fraction of sp³-hybridized carbons (Fsp3) is 0. The standard InChI is InChI=1S/C51H31N5O/c1-4-14-32(15-5-1)49-52-50(33-16-6-2-7-17-33)54-51(53-49)34-24-26-39-42-31-36(25-29-45(42)57-46(39)30-34)56-44-23-13-11-21-38(44)41-28-27-40-37-20-10-12-22-43(37)55(47(40)48(41)56)35-18-8-3-9-19-35/h1-31H/i1D,2D,4D,5D,6D,7D,14D,15D,16D,17D. The number of hydrogen-bond acceptors (Lipinski definition) is 4. The summed E-state index contributed by atoms with van der Waals surface area (Å²) < 4.78 is 95.5. The molecule has 0 amide bonds. The van der Waals surface area contributed by atoms with Gasteiger partial charge in [-0.3, -0.25) is 0 Å². The molecule has 0 fully saturated rings. The lowest BCUT2D eigenvalue weighted by Crippen LogP contribution is -2.00. The van der Waals surface area contributed by atoms with Gasteiger partial charge in [0.2, 0.25) is 0 Å². The van der Waals surface area contributed by atoms with Crippen molar-refractivity contribution in [1.29, 1.82) is 0 Å². The highest BCUT2D eigenvalue weighted by molar-refractivity contribution is 6.24. The van der Waals surface area contributed by atoms with Gasteiger partial charge in [0, 0.05) is 60.4 Å². The Labute approximate surface area is 340 Å². The molecule has 0 spiro atoms. The number of hydrogen-bond donors (Lipinski definition) is 0. The first kappa shape index (κ1) is 23.2. The van der Waals surface area contributed by atoms with Gasteiger partial charge in [-0.2, -0.15) is 0 Å². The average Bonchev–Trinajstić information content (AvgIpc) is 4.01. The predicted octanol–water partition coefficient (Wildman–Crippen LogP) is 13.0. The van der Waals surface area contributed by atoms with Crippen LogP contribution in [0.5, 0.6) is 0 Å². The quantitative estimate of drug-likeness (QED) is 0.176. The summed E-state index contributed by atoms with van der Waals surface area (Å²) in [6.45, 7) is 0. The summed E-state index contributed by atoms with van der Waals surface area (Å²) in [4.78, 5) is 13.6. The molecule has 8 aromatic carbocycles. The van der Waals surface area contributed by atoms with E-state index in [2.05, 4.69) is 109 Å². The Balaban J connectivity index is 1.08. The number of aromatic nitrogens is 5. The number of furan rings is 1. The molecule has 0 aliphatic heterocycles. The molecule has 0 saturated heterocycles. The molecule has 266 valence electrons. The topological polar surface area (TPSA) is 61.7 Å². The molecule has 4 aromatic heterocycles. The summed E-state index contributed by atoms with van der Waals surface area (Å²) in [6.07, 6.45) is 0. The van der Waals surface area contributed by atoms with Crippen LogP contribution in [0.15, 0.2) is 192 Å². The van der Waals surface area contributed by atoms with Crippen LogP contribution in [0.25, 0.3) is 111 Å². The molecule has 0 radical (unpaired) electrons. The molecule has 0 aliphatic rings. The molecule has 12 aromatic rings. The van der Waals surface area contributed by atoms with Crippen LogP contribution in [0.3, 0.4) is 0 Å². The summed E-state index contributed by atoms with van der Waals surface area (Å²) in [5.41, 5.74) is 6.97. The van der Waals surface area contributed by atoms with Crippen LogP contribution in [0.1, 0.15) is 13.7 Å². The summed E-state index contributed by atoms with van der Waals surface area (Å²) in [5.74, 6) is -0.737. The van der Waals surface area contributed by atoms with Crippen molar-refractivity contribution >= 4 is 65.6 Å². The molecule has 6 nitrogen and oxygen atoms in total. The van der Waals surface area contributed by atoms with Crippen LogP contribution in [-0.2, 0) is 0 Å². The van der Waals surface area contributed by atoms with Crippen molar-refractivity contribution in [3.63, 3.8) is 0 Å². The lowest BCUT2D eigenvalue weighted by atomic mass is 10.1. The highest BCUT2D eigenvalue weighted by Crippen LogP contribution is 2.42. The van der Waals surface area contributed by atoms with Crippen molar-refractivity contribution in [3.8, 4) is 45.5 Å². The van der Waals surface area contributed by atoms with Crippen LogP contribution < -0.4 is 0 Å². The first-order chi connectivity index (χ1) is 32.4. The Morgan fingerprint density at radius 3 is 1.53 bits per heavy atom. The van der Waals surface area contributed by atoms with Crippen molar-refractivity contribution in [2.45, 2.75) is 0 Å². The van der Waals surface area contributed by atoms with Gasteiger partial charge in [-0.05, 0) is 54.6 Å². The van der Waals surface area contributed by atoms with Gasteiger partial charge in [0.1, 0.15) is 11.2 Å². The average molecular weight is 740 g/mol. The van der Waals surface area contributed by atoms with E-state index in [0.29, 0.717) is 16.7 Å². The molecule has 6 heteroatoms. The van der Waals surface area contributed by atoms with Gasteiger partial charge in [-0.15, -0.1) is 0 Å². The van der Waals surface area contributed by atoms with E-state index >= 15 is 0 Å². The molecular weight excluding hydrogens is 699 g/mol. The van der Waals surface area contributed by atoms with Crippen LogP contribution in [0.4, 0.5) is 0 Å². The van der Waals surface area contributed by atoms with E-state index in [9.17, 15) is 0 Å². The Kier molecular flexibility index (Phi) is 5.02. The second-order valence-corrected chi connectivity index (χ2v) is 13.7. The monoisotopic (exact) mass is 739 g/mol. The van der Waals surface area contributed by atoms with Crippen LogP contribution in [0.2, 0.25) is 0 Å². The van der Waals surface area contributed by atoms with Crippen LogP contribution >= 0.6 is 0 Å². The van der Waals surface area contributed by atoms with Gasteiger partial charge in [-0.25, -0.2) is 15.0 Å². The largest absolute Gasteiger partial charge is 0.456 e. The number of benzene rings is 8. The minimum absolute atomic E-state index is 0.0511. The van der Waals surface area contributed by atoms with E-state index in [1.54, 1.807) is 12.1 Å². The molecule has 0 aliphatic carbocycles. The first-order valence-corrected chi connectivity index (χ1v) is 18.3. The Bertz CT molecular complexity index is 3980. The minimum Gasteiger partial charge on any atom is -0.456 e. The normalized spacial score (nSPS) is 14.3. The predicted molar refractivity (Wildman–Crippen MR) is 232 cm³/mol. The number of rotatable bonds is 5. The van der Waals surface area contributed by atoms with Crippen molar-refractivity contribution in [1.82, 2.24) is 24.1 Å². The van der Waals surface area contributed by atoms with E-state index in [4.69, 9.17) is 18.1 Å². The van der Waals surface area contributed by atoms with Gasteiger partial charge >= 0.3 is 0 Å². The van der Waals surface area contributed by atoms with E-state index in [1.165, 1.54) is 0 Å². The van der Waals surface area contributed by atoms with Gasteiger partial charge in [-0.1, -0.05) is 133 Å². The molecule has 12 rings (SSSR count). The zero-order valence-corrected chi connectivity index (χ0v) is 29.8. The number of para-hydroxylation sites is 3. The van der Waals surface area contributed by atoms with Gasteiger partial charge in [0.25, 0.3) is 0 Å². The highest BCUT2D eigenvalue weighted by atomic mass is 16.3. The summed E-state index contributed by atoms with van der Waals surface area (Å²) in [7, 11) is 0. The van der Waals surface area contributed by atoms with E-state index in [0.717, 1.165) is 65.8 Å². The van der Waals surface area contributed by atoms with E-state index in [1.807, 2.05) is 30.3 Å². The SMILES string of the molecule is [2H]c1c([2H])c([2H])c(-c2nc(-c3ccc4c(c3)oc3ccc(-n5c6ccccc6c6ccc7c8ccccc8n(-c8ccccc8)c7c65)cc34)nc(-c3c([2H])c([2H])c([2H])c([2H])c3[2H])n2)c([2H])c1[2H]. The van der Waals surface area contributed by atoms with Crippen LogP contribution in [0, 0.1) is 0 Å². The highest BCUT2D eigenvalue weighted by Gasteiger charge is 2.22. The second-order valence-electron chi connectivity index (χ2n) is 13.7. The van der Waals surface area contributed by atoms with Gasteiger partial charge in [0.05, 0.1) is 35.8 Å². The number of nitrogens with zero attached hydrogens (tertiary/aromatic N) is 5. The Morgan fingerprint density at radius 2 is 0.912 bits per heavy atom. The third-order valence-corrected chi connectivity index (χ3v) is 10.5. The zero-order valence-electron chi connectivity index (χ0n) is 39.8. The van der Waals surface area contributed by atoms with Crippen molar-refractivity contribution in [2.75, 3.05) is 0 Å². The third kappa shape index (κ3) is 4.87. The molecule has 0 saturated carbocycles. The molecule has 0 N–H and O–H groups in total. The smallest absolute Gasteiger partial charge is 0.164 e. The lowest BCUT2D eigenvalue weighted by molar-refractivity contribution is 0.669. The molecule has 0 atom stereocenters. The van der Waals surface area contributed by atoms with Crippen LogP contribution in [-0.4, -0.2) is 24.1 Å². The fourth-order valence-electron chi connectivity index (χ4n) is 8.11. The molecule has 4 heterocycles. The maximum atomic E-state index is 8.70. The van der Waals surface area contributed by atoms with E-state index < -0.39 is 60.4 Å². The van der Waals surface area contributed by atoms with Crippen molar-refractivity contribution in [3.05, 3.63) is 188 Å². The third-order valence-electron chi connectivity index (χ3n) is 10.5. The Hall–Kier alpha value is -7.83. The molecule has 57 heavy (non-hydrogen) atoms. The molecule has 0 bridgehead atoms. The lowest BCUT2D eigenvalue weighted by Gasteiger charge is -2.12. The summed E-state index contributed by atoms with van der Waals surface area (Å²) >= 11 is 0. The number of fused-ring (bicyclic) bond motifs is 10. The summed E-state index contributed by atoms with van der Waals surface area (Å²) in [5, 5.41) is 6.08. The van der Waals surface area contributed by atoms with Crippen molar-refractivity contribution in [2.24, 2.45) is 0 Å². The maximum absolute atomic E-state index is 8.70.